The van der Waals surface area contributed by atoms with Crippen LogP contribution in [-0.4, -0.2) is 33.4 Å². The number of nitrogens with one attached hydrogen (secondary N) is 1. The fourth-order valence-electron chi connectivity index (χ4n) is 3.78. The predicted molar refractivity (Wildman–Crippen MR) is 127 cm³/mol. The second-order valence-corrected chi connectivity index (χ2v) is 8.30. The summed E-state index contributed by atoms with van der Waals surface area (Å²) in [5.41, 5.74) is 4.45. The summed E-state index contributed by atoms with van der Waals surface area (Å²) in [6, 6.07) is 10.0. The third-order valence-corrected chi connectivity index (χ3v) is 6.47. The Balaban J connectivity index is 1.78. The molecule has 0 unspecified atom stereocenters. The van der Waals surface area contributed by atoms with Gasteiger partial charge in [-0.25, -0.2) is 4.98 Å². The molecule has 0 atom stereocenters. The molecule has 4 rings (SSSR count). The molecule has 1 heterocycles. The Labute approximate surface area is 185 Å². The number of fused-ring (bicyclic) bond motifs is 2. The van der Waals surface area contributed by atoms with Crippen molar-refractivity contribution in [2.75, 3.05) is 33.8 Å². The molecule has 0 saturated carbocycles. The predicted octanol–water partition coefficient (Wildman–Crippen LogP) is 5.71. The molecule has 6 nitrogen and oxygen atoms in total. The Hall–Kier alpha value is -3.19. The molecule has 1 N–H and O–H groups in total. The highest BCUT2D eigenvalue weighted by Crippen LogP contribution is 2.46. The van der Waals surface area contributed by atoms with E-state index in [2.05, 4.69) is 31.3 Å². The van der Waals surface area contributed by atoms with E-state index in [-0.39, 0.29) is 0 Å². The van der Waals surface area contributed by atoms with Gasteiger partial charge in [0, 0.05) is 12.1 Å². The number of benzene rings is 3. The molecule has 0 radical (unpaired) electrons. The maximum atomic E-state index is 5.83. The fourth-order valence-corrected chi connectivity index (χ4v) is 4.72. The molecule has 4 aromatic rings. The summed E-state index contributed by atoms with van der Waals surface area (Å²) in [7, 11) is 6.59. The topological polar surface area (TPSA) is 61.8 Å². The number of aromatic nitrogens is 1. The summed E-state index contributed by atoms with van der Waals surface area (Å²) in [6.45, 7) is 4.75. The zero-order chi connectivity index (χ0) is 22.1. The smallest absolute Gasteiger partial charge is 0.184 e. The summed E-state index contributed by atoms with van der Waals surface area (Å²) in [5.74, 6) is 2.80. The van der Waals surface area contributed by atoms with Crippen molar-refractivity contribution >= 4 is 37.5 Å². The van der Waals surface area contributed by atoms with E-state index >= 15 is 0 Å². The van der Waals surface area contributed by atoms with Gasteiger partial charge < -0.3 is 24.3 Å². The van der Waals surface area contributed by atoms with Crippen molar-refractivity contribution in [3.05, 3.63) is 47.0 Å². The Morgan fingerprint density at radius 3 is 2.10 bits per heavy atom. The third-order valence-electron chi connectivity index (χ3n) is 5.50. The lowest BCUT2D eigenvalue weighted by Gasteiger charge is -2.19. The van der Waals surface area contributed by atoms with Crippen molar-refractivity contribution < 1.29 is 18.9 Å². The maximum Gasteiger partial charge on any atom is 0.184 e. The average molecular weight is 439 g/mol. The van der Waals surface area contributed by atoms with Crippen LogP contribution in [0.1, 0.15) is 16.7 Å². The van der Waals surface area contributed by atoms with E-state index in [0.717, 1.165) is 27.0 Å². The number of nitrogens with zero attached hydrogens (tertiary/aromatic N) is 1. The van der Waals surface area contributed by atoms with Gasteiger partial charge in [-0.05, 0) is 55.3 Å². The summed E-state index contributed by atoms with van der Waals surface area (Å²) >= 11 is 1.64. The molecule has 7 heteroatoms. The van der Waals surface area contributed by atoms with Gasteiger partial charge in [-0.3, -0.25) is 0 Å². The standard InChI is InChI=1S/C24H26N2O4S/c1-13-9-16-20(10-14(13)2)31-24(26-16)25-12-15-11-19(29-5)21-17(27-3)7-8-18(28-4)22(21)23(15)30-6/h7-11H,12H2,1-6H3,(H,25,26). The van der Waals surface area contributed by atoms with Crippen molar-refractivity contribution in [1.29, 1.82) is 0 Å². The molecule has 162 valence electrons. The first-order valence-corrected chi connectivity index (χ1v) is 10.7. The zero-order valence-electron chi connectivity index (χ0n) is 18.6. The molecule has 31 heavy (non-hydrogen) atoms. The number of methoxy groups -OCH3 is 4. The van der Waals surface area contributed by atoms with Gasteiger partial charge in [0.1, 0.15) is 23.0 Å². The molecule has 0 spiro atoms. The van der Waals surface area contributed by atoms with Gasteiger partial charge in [0.05, 0.1) is 49.4 Å². The van der Waals surface area contributed by atoms with Crippen LogP contribution in [-0.2, 0) is 6.54 Å². The minimum absolute atomic E-state index is 0.521. The van der Waals surface area contributed by atoms with Crippen LogP contribution in [0.25, 0.3) is 21.0 Å². The number of anilines is 1. The van der Waals surface area contributed by atoms with Crippen LogP contribution in [0.4, 0.5) is 5.13 Å². The van der Waals surface area contributed by atoms with E-state index in [1.807, 2.05) is 18.2 Å². The van der Waals surface area contributed by atoms with E-state index in [9.17, 15) is 0 Å². The molecule has 0 aliphatic rings. The van der Waals surface area contributed by atoms with E-state index < -0.39 is 0 Å². The number of ether oxygens (including phenoxy) is 4. The Bertz CT molecular complexity index is 1230. The van der Waals surface area contributed by atoms with Gasteiger partial charge in [0.25, 0.3) is 0 Å². The van der Waals surface area contributed by atoms with Crippen molar-refractivity contribution in [2.45, 2.75) is 20.4 Å². The molecule has 0 aliphatic heterocycles. The maximum absolute atomic E-state index is 5.83. The molecule has 0 aliphatic carbocycles. The number of aryl methyl sites for hydroxylation is 2. The second kappa shape index (κ2) is 8.51. The highest BCUT2D eigenvalue weighted by Gasteiger charge is 2.21. The SMILES string of the molecule is COc1ccc(OC)c2c(OC)c(CNc3nc4cc(C)c(C)cc4s3)cc(OC)c12. The average Bonchev–Trinajstić information content (AvgIpc) is 3.17. The normalized spacial score (nSPS) is 11.0. The molecular weight excluding hydrogens is 412 g/mol. The quantitative estimate of drug-likeness (QED) is 0.399. The van der Waals surface area contributed by atoms with Crippen molar-refractivity contribution in [1.82, 2.24) is 4.98 Å². The van der Waals surface area contributed by atoms with E-state index in [4.69, 9.17) is 23.9 Å². The summed E-state index contributed by atoms with van der Waals surface area (Å²) in [6.07, 6.45) is 0. The van der Waals surface area contributed by atoms with E-state index in [0.29, 0.717) is 29.5 Å². The Morgan fingerprint density at radius 2 is 1.45 bits per heavy atom. The lowest BCUT2D eigenvalue weighted by molar-refractivity contribution is 0.390. The minimum Gasteiger partial charge on any atom is -0.496 e. The fraction of sp³-hybridized carbons (Fsp3) is 0.292. The van der Waals surface area contributed by atoms with Gasteiger partial charge in [-0.15, -0.1) is 0 Å². The highest BCUT2D eigenvalue weighted by molar-refractivity contribution is 7.22. The second-order valence-electron chi connectivity index (χ2n) is 7.27. The number of hydrogen-bond acceptors (Lipinski definition) is 7. The van der Waals surface area contributed by atoms with Crippen LogP contribution >= 0.6 is 11.3 Å². The monoisotopic (exact) mass is 438 g/mol. The molecule has 0 fully saturated rings. The third kappa shape index (κ3) is 3.70. The number of thiazole rings is 1. The van der Waals surface area contributed by atoms with Crippen LogP contribution < -0.4 is 24.3 Å². The molecular formula is C24H26N2O4S. The van der Waals surface area contributed by atoms with Gasteiger partial charge in [0.15, 0.2) is 5.13 Å². The molecule has 0 bridgehead atoms. The summed E-state index contributed by atoms with van der Waals surface area (Å²) < 4.78 is 23.9. The number of hydrogen-bond donors (Lipinski definition) is 1. The first-order chi connectivity index (χ1) is 15.0. The van der Waals surface area contributed by atoms with E-state index in [1.54, 1.807) is 39.8 Å². The first-order valence-electron chi connectivity index (χ1n) is 9.90. The molecule has 3 aromatic carbocycles. The Kier molecular flexibility index (Phi) is 5.78. The van der Waals surface area contributed by atoms with Crippen molar-refractivity contribution in [2.24, 2.45) is 0 Å². The molecule has 0 amide bonds. The summed E-state index contributed by atoms with van der Waals surface area (Å²) in [5, 5.41) is 5.94. The molecule has 1 aromatic heterocycles. The van der Waals surface area contributed by atoms with Crippen LogP contribution in [0, 0.1) is 13.8 Å². The van der Waals surface area contributed by atoms with E-state index in [1.165, 1.54) is 15.8 Å². The van der Waals surface area contributed by atoms with Gasteiger partial charge in [0.2, 0.25) is 0 Å². The Morgan fingerprint density at radius 1 is 0.806 bits per heavy atom. The van der Waals surface area contributed by atoms with Gasteiger partial charge in [-0.2, -0.15) is 0 Å². The minimum atomic E-state index is 0.521. The number of rotatable bonds is 7. The zero-order valence-corrected chi connectivity index (χ0v) is 19.4. The van der Waals surface area contributed by atoms with Crippen LogP contribution in [0.15, 0.2) is 30.3 Å². The highest BCUT2D eigenvalue weighted by atomic mass is 32.1. The first kappa shape index (κ1) is 21.1. The van der Waals surface area contributed by atoms with Crippen LogP contribution in [0.5, 0.6) is 23.0 Å². The molecule has 0 saturated heterocycles. The van der Waals surface area contributed by atoms with Gasteiger partial charge >= 0.3 is 0 Å². The summed E-state index contributed by atoms with van der Waals surface area (Å²) in [4.78, 5) is 4.74. The largest absolute Gasteiger partial charge is 0.496 e. The van der Waals surface area contributed by atoms with Crippen LogP contribution in [0.2, 0.25) is 0 Å². The lowest BCUT2D eigenvalue weighted by Crippen LogP contribution is -2.04. The van der Waals surface area contributed by atoms with Gasteiger partial charge in [-0.1, -0.05) is 11.3 Å². The van der Waals surface area contributed by atoms with Crippen LogP contribution in [0.3, 0.4) is 0 Å². The van der Waals surface area contributed by atoms with Crippen molar-refractivity contribution in [3.63, 3.8) is 0 Å². The lowest BCUT2D eigenvalue weighted by atomic mass is 10.0. The van der Waals surface area contributed by atoms with Crippen molar-refractivity contribution in [3.8, 4) is 23.0 Å².